The van der Waals surface area contributed by atoms with Crippen LogP contribution >= 0.6 is 0 Å². The number of hydrogen-bond donors (Lipinski definition) is 0. The lowest BCUT2D eigenvalue weighted by molar-refractivity contribution is -0.138. The van der Waals surface area contributed by atoms with E-state index in [4.69, 9.17) is 9.26 Å². The van der Waals surface area contributed by atoms with Crippen molar-refractivity contribution in [3.8, 4) is 0 Å². The molecule has 0 bridgehead atoms. The summed E-state index contributed by atoms with van der Waals surface area (Å²) in [5.74, 6) is 0.119. The van der Waals surface area contributed by atoms with E-state index >= 15 is 0 Å². The molecule has 0 aromatic carbocycles. The summed E-state index contributed by atoms with van der Waals surface area (Å²) >= 11 is 0. The molecule has 3 rings (SSSR count). The number of hydrogen-bond acceptors (Lipinski definition) is 6. The van der Waals surface area contributed by atoms with Gasteiger partial charge in [-0.15, -0.1) is 0 Å². The van der Waals surface area contributed by atoms with Crippen LogP contribution < -0.4 is 0 Å². The minimum absolute atomic E-state index is 0.0826. The summed E-state index contributed by atoms with van der Waals surface area (Å²) in [6.45, 7) is 5.51. The second kappa shape index (κ2) is 6.21. The monoisotopic (exact) mass is 343 g/mol. The number of amides is 1. The maximum absolute atomic E-state index is 13.0. The standard InChI is InChI=1S/C14H21N3O5S/c1-10-13(11(2)22-15-10)23(19,20)17-5-3-4-12(17)14(18)16-6-8-21-9-7-16/h12H,3-9H2,1-2H3/t12-/m1/s1. The Balaban J connectivity index is 1.87. The quantitative estimate of drug-likeness (QED) is 0.784. The molecule has 8 nitrogen and oxygen atoms in total. The van der Waals surface area contributed by atoms with Gasteiger partial charge < -0.3 is 14.2 Å². The van der Waals surface area contributed by atoms with Crippen LogP contribution in [0.4, 0.5) is 0 Å². The maximum Gasteiger partial charge on any atom is 0.249 e. The van der Waals surface area contributed by atoms with E-state index in [-0.39, 0.29) is 16.6 Å². The second-order valence-corrected chi connectivity index (χ2v) is 7.69. The average molecular weight is 343 g/mol. The first-order valence-electron chi connectivity index (χ1n) is 7.74. The second-order valence-electron chi connectivity index (χ2n) is 5.86. The van der Waals surface area contributed by atoms with E-state index in [0.29, 0.717) is 51.4 Å². The molecule has 1 amide bonds. The zero-order valence-electron chi connectivity index (χ0n) is 13.3. The van der Waals surface area contributed by atoms with Crippen LogP contribution in [0.25, 0.3) is 0 Å². The number of sulfonamides is 1. The molecular formula is C14H21N3O5S. The van der Waals surface area contributed by atoms with Crippen molar-refractivity contribution >= 4 is 15.9 Å². The molecule has 0 saturated carbocycles. The molecule has 9 heteroatoms. The van der Waals surface area contributed by atoms with Gasteiger partial charge in [0, 0.05) is 19.6 Å². The molecular weight excluding hydrogens is 322 g/mol. The van der Waals surface area contributed by atoms with Gasteiger partial charge in [-0.3, -0.25) is 4.79 Å². The van der Waals surface area contributed by atoms with Crippen LogP contribution in [-0.4, -0.2) is 67.6 Å². The number of nitrogens with zero attached hydrogens (tertiary/aromatic N) is 3. The Morgan fingerprint density at radius 1 is 1.22 bits per heavy atom. The molecule has 0 aliphatic carbocycles. The smallest absolute Gasteiger partial charge is 0.249 e. The van der Waals surface area contributed by atoms with Crippen molar-refractivity contribution in [2.24, 2.45) is 0 Å². The van der Waals surface area contributed by atoms with Crippen molar-refractivity contribution in [2.75, 3.05) is 32.8 Å². The Hall–Kier alpha value is -1.45. The third-order valence-corrected chi connectivity index (χ3v) is 6.50. The lowest BCUT2D eigenvalue weighted by Gasteiger charge is -2.32. The molecule has 128 valence electrons. The molecule has 2 aliphatic heterocycles. The highest BCUT2D eigenvalue weighted by Gasteiger charge is 2.43. The van der Waals surface area contributed by atoms with Crippen molar-refractivity contribution in [3.05, 3.63) is 11.5 Å². The minimum atomic E-state index is -3.79. The molecule has 0 spiro atoms. The topological polar surface area (TPSA) is 93.0 Å². The van der Waals surface area contributed by atoms with Gasteiger partial charge in [-0.05, 0) is 26.7 Å². The van der Waals surface area contributed by atoms with E-state index in [2.05, 4.69) is 5.16 Å². The van der Waals surface area contributed by atoms with Gasteiger partial charge in [-0.1, -0.05) is 5.16 Å². The van der Waals surface area contributed by atoms with Crippen molar-refractivity contribution in [1.82, 2.24) is 14.4 Å². The Kier molecular flexibility index (Phi) is 4.43. The van der Waals surface area contributed by atoms with E-state index in [1.165, 1.54) is 4.31 Å². The number of ether oxygens (including phenoxy) is 1. The lowest BCUT2D eigenvalue weighted by atomic mass is 10.2. The van der Waals surface area contributed by atoms with Crippen LogP contribution in [0.15, 0.2) is 9.42 Å². The third-order valence-electron chi connectivity index (χ3n) is 4.35. The molecule has 0 radical (unpaired) electrons. The van der Waals surface area contributed by atoms with E-state index in [1.54, 1.807) is 18.7 Å². The summed E-state index contributed by atoms with van der Waals surface area (Å²) in [4.78, 5) is 14.5. The first-order valence-corrected chi connectivity index (χ1v) is 9.18. The highest BCUT2D eigenvalue weighted by atomic mass is 32.2. The van der Waals surface area contributed by atoms with Crippen LogP contribution in [0.3, 0.4) is 0 Å². The zero-order chi connectivity index (χ0) is 16.6. The Bertz CT molecular complexity index is 674. The fraction of sp³-hybridized carbons (Fsp3) is 0.714. The van der Waals surface area contributed by atoms with Crippen molar-refractivity contribution in [1.29, 1.82) is 0 Å². The summed E-state index contributed by atoms with van der Waals surface area (Å²) in [6, 6.07) is -0.646. The molecule has 2 fully saturated rings. The maximum atomic E-state index is 13.0. The average Bonchev–Trinajstić information content (AvgIpc) is 3.15. The van der Waals surface area contributed by atoms with Gasteiger partial charge in [0.15, 0.2) is 5.76 Å². The molecule has 23 heavy (non-hydrogen) atoms. The first-order chi connectivity index (χ1) is 10.9. The largest absolute Gasteiger partial charge is 0.378 e. The molecule has 1 aromatic rings. The highest BCUT2D eigenvalue weighted by Crippen LogP contribution is 2.30. The van der Waals surface area contributed by atoms with E-state index in [0.717, 1.165) is 0 Å². The highest BCUT2D eigenvalue weighted by molar-refractivity contribution is 7.89. The van der Waals surface area contributed by atoms with Gasteiger partial charge in [0.1, 0.15) is 16.6 Å². The predicted octanol–water partition coefficient (Wildman–Crippen LogP) is 0.303. The summed E-state index contributed by atoms with van der Waals surface area (Å²) in [5.41, 5.74) is 0.326. The van der Waals surface area contributed by atoms with Crippen molar-refractivity contribution < 1.29 is 22.5 Å². The van der Waals surface area contributed by atoms with E-state index in [9.17, 15) is 13.2 Å². The number of rotatable bonds is 3. The lowest BCUT2D eigenvalue weighted by Crippen LogP contribution is -2.51. The molecule has 0 unspecified atom stereocenters. The number of morpholine rings is 1. The van der Waals surface area contributed by atoms with Gasteiger partial charge >= 0.3 is 0 Å². The Morgan fingerprint density at radius 3 is 2.52 bits per heavy atom. The van der Waals surface area contributed by atoms with Gasteiger partial charge in [-0.25, -0.2) is 8.42 Å². The summed E-state index contributed by atoms with van der Waals surface area (Å²) in [6.07, 6.45) is 1.21. The summed E-state index contributed by atoms with van der Waals surface area (Å²) < 4.78 is 37.5. The van der Waals surface area contributed by atoms with Crippen LogP contribution in [0.2, 0.25) is 0 Å². The Morgan fingerprint density at radius 2 is 1.91 bits per heavy atom. The van der Waals surface area contributed by atoms with Gasteiger partial charge in [0.25, 0.3) is 0 Å². The number of aryl methyl sites for hydroxylation is 2. The zero-order valence-corrected chi connectivity index (χ0v) is 14.1. The normalized spacial score (nSPS) is 23.4. The van der Waals surface area contributed by atoms with Crippen LogP contribution in [-0.2, 0) is 19.6 Å². The SMILES string of the molecule is Cc1noc(C)c1S(=O)(=O)N1CCC[C@@H]1C(=O)N1CCOCC1. The van der Waals surface area contributed by atoms with Crippen LogP contribution in [0.1, 0.15) is 24.3 Å². The molecule has 1 aromatic heterocycles. The third kappa shape index (κ3) is 2.88. The molecule has 0 N–H and O–H groups in total. The Labute approximate surface area is 135 Å². The van der Waals surface area contributed by atoms with Crippen LogP contribution in [0, 0.1) is 13.8 Å². The molecule has 2 aliphatic rings. The number of carbonyl (C=O) groups is 1. The van der Waals surface area contributed by atoms with Gasteiger partial charge in [0.2, 0.25) is 15.9 Å². The molecule has 2 saturated heterocycles. The number of aromatic nitrogens is 1. The van der Waals surface area contributed by atoms with Gasteiger partial charge in [-0.2, -0.15) is 4.31 Å². The molecule has 3 heterocycles. The summed E-state index contributed by atoms with van der Waals surface area (Å²) in [7, 11) is -3.79. The predicted molar refractivity (Wildman–Crippen MR) is 80.3 cm³/mol. The minimum Gasteiger partial charge on any atom is -0.378 e. The van der Waals surface area contributed by atoms with Crippen LogP contribution in [0.5, 0.6) is 0 Å². The summed E-state index contributed by atoms with van der Waals surface area (Å²) in [5, 5.41) is 3.72. The van der Waals surface area contributed by atoms with Crippen molar-refractivity contribution in [2.45, 2.75) is 37.6 Å². The number of carbonyl (C=O) groups excluding carboxylic acids is 1. The first kappa shape index (κ1) is 16.4. The molecule has 1 atom stereocenters. The fourth-order valence-corrected chi connectivity index (χ4v) is 5.17. The fourth-order valence-electron chi connectivity index (χ4n) is 3.23. The van der Waals surface area contributed by atoms with Crippen molar-refractivity contribution in [3.63, 3.8) is 0 Å². The van der Waals surface area contributed by atoms with E-state index < -0.39 is 16.1 Å². The van der Waals surface area contributed by atoms with E-state index in [1.807, 2.05) is 0 Å². The van der Waals surface area contributed by atoms with Gasteiger partial charge in [0.05, 0.1) is 13.2 Å².